The maximum Gasteiger partial charge on any atom is 0.373 e. The molecule has 0 fully saturated rings. The maximum atomic E-state index is 8.12. The molecule has 0 spiro atoms. The number of nitrogens with zero attached hydrogens (tertiary/aromatic N) is 2. The van der Waals surface area contributed by atoms with Crippen molar-refractivity contribution in [3.05, 3.63) is 40.4 Å². The zero-order valence-electron chi connectivity index (χ0n) is 11.5. The van der Waals surface area contributed by atoms with E-state index in [1.165, 1.54) is 0 Å². The molecule has 6 heteroatoms. The fourth-order valence-electron chi connectivity index (χ4n) is 1.80. The summed E-state index contributed by atoms with van der Waals surface area (Å²) in [7, 11) is 1.68. The summed E-state index contributed by atoms with van der Waals surface area (Å²) in [6.45, 7) is 4.10. The minimum atomic E-state index is 0.250. The van der Waals surface area contributed by atoms with Crippen LogP contribution < -0.4 is 4.74 Å². The van der Waals surface area contributed by atoms with E-state index < -0.39 is 0 Å². The first kappa shape index (κ1) is 16.1. The number of carbonyl (C=O) groups excluding carboxylic acids is 2. The highest BCUT2D eigenvalue weighted by Crippen LogP contribution is 2.27. The molecule has 5 nitrogen and oxygen atoms in total. The van der Waals surface area contributed by atoms with E-state index >= 15 is 0 Å². The number of aryl methyl sites for hydroxylation is 2. The molecule has 0 saturated heterocycles. The molecule has 0 unspecified atom stereocenters. The minimum absolute atomic E-state index is 0.250. The lowest BCUT2D eigenvalue weighted by Crippen LogP contribution is -1.98. The molecule has 0 saturated carbocycles. The van der Waals surface area contributed by atoms with Crippen molar-refractivity contribution in [3.63, 3.8) is 0 Å². The Morgan fingerprint density at radius 1 is 1.40 bits per heavy atom. The van der Waals surface area contributed by atoms with Crippen LogP contribution in [0.4, 0.5) is 0 Å². The third-order valence-electron chi connectivity index (χ3n) is 2.70. The quantitative estimate of drug-likeness (QED) is 0.863. The zero-order chi connectivity index (χ0) is 15.1. The van der Waals surface area contributed by atoms with Crippen LogP contribution in [0.25, 0.3) is 5.69 Å². The Bertz CT molecular complexity index is 617. The van der Waals surface area contributed by atoms with Gasteiger partial charge in [0.1, 0.15) is 11.6 Å². The standard InChI is InChI=1S/C13H15BrN2O.CO2/c1-4-11-8-16(9(2)15-11)12-6-5-10(14)7-13(12)17-3;2-1-3/h5-8H,4H2,1-3H3;. The van der Waals surface area contributed by atoms with E-state index in [-0.39, 0.29) is 6.15 Å². The summed E-state index contributed by atoms with van der Waals surface area (Å²) in [6.07, 6.45) is 3.24. The number of methoxy groups -OCH3 is 1. The first-order valence-electron chi connectivity index (χ1n) is 5.95. The third kappa shape index (κ3) is 3.79. The molecule has 0 aliphatic heterocycles. The molecule has 2 rings (SSSR count). The van der Waals surface area contributed by atoms with Crippen LogP contribution in [0.3, 0.4) is 0 Å². The van der Waals surface area contributed by atoms with Crippen LogP contribution in [0.2, 0.25) is 0 Å². The molecule has 0 aliphatic carbocycles. The van der Waals surface area contributed by atoms with Crippen molar-refractivity contribution in [1.29, 1.82) is 0 Å². The average molecular weight is 339 g/mol. The summed E-state index contributed by atoms with van der Waals surface area (Å²) in [6, 6.07) is 5.99. The van der Waals surface area contributed by atoms with Gasteiger partial charge < -0.3 is 9.30 Å². The summed E-state index contributed by atoms with van der Waals surface area (Å²) in [5.74, 6) is 1.81. The van der Waals surface area contributed by atoms with Gasteiger partial charge in [-0.2, -0.15) is 9.59 Å². The number of rotatable bonds is 3. The van der Waals surface area contributed by atoms with E-state index in [0.29, 0.717) is 0 Å². The highest BCUT2D eigenvalue weighted by Gasteiger charge is 2.10. The predicted molar refractivity (Wildman–Crippen MR) is 76.9 cm³/mol. The highest BCUT2D eigenvalue weighted by atomic mass is 79.9. The van der Waals surface area contributed by atoms with Crippen molar-refractivity contribution >= 4 is 22.1 Å². The molecule has 0 atom stereocenters. The maximum absolute atomic E-state index is 8.12. The van der Waals surface area contributed by atoms with Gasteiger partial charge in [-0.3, -0.25) is 0 Å². The van der Waals surface area contributed by atoms with Crippen LogP contribution in [-0.2, 0) is 16.0 Å². The van der Waals surface area contributed by atoms with E-state index in [9.17, 15) is 0 Å². The van der Waals surface area contributed by atoms with Gasteiger partial charge in [-0.1, -0.05) is 22.9 Å². The lowest BCUT2D eigenvalue weighted by atomic mass is 10.3. The van der Waals surface area contributed by atoms with Crippen molar-refractivity contribution in [2.24, 2.45) is 0 Å². The number of hydrogen-bond acceptors (Lipinski definition) is 4. The Labute approximate surface area is 125 Å². The van der Waals surface area contributed by atoms with Crippen LogP contribution in [0.15, 0.2) is 28.9 Å². The van der Waals surface area contributed by atoms with Crippen molar-refractivity contribution < 1.29 is 14.3 Å². The summed E-state index contributed by atoms with van der Waals surface area (Å²) in [4.78, 5) is 20.7. The summed E-state index contributed by atoms with van der Waals surface area (Å²) < 4.78 is 8.47. The summed E-state index contributed by atoms with van der Waals surface area (Å²) in [5.41, 5.74) is 2.10. The van der Waals surface area contributed by atoms with Crippen LogP contribution in [-0.4, -0.2) is 22.8 Å². The fourth-order valence-corrected chi connectivity index (χ4v) is 2.14. The van der Waals surface area contributed by atoms with Gasteiger partial charge in [0.15, 0.2) is 0 Å². The third-order valence-corrected chi connectivity index (χ3v) is 3.19. The smallest absolute Gasteiger partial charge is 0.373 e. The Kier molecular flexibility index (Phi) is 6.15. The monoisotopic (exact) mass is 338 g/mol. The molecule has 2 aromatic rings. The van der Waals surface area contributed by atoms with Gasteiger partial charge in [-0.15, -0.1) is 0 Å². The number of imidazole rings is 1. The molecular formula is C14H15BrN2O3. The van der Waals surface area contributed by atoms with Crippen LogP contribution >= 0.6 is 15.9 Å². The number of benzene rings is 1. The van der Waals surface area contributed by atoms with Crippen molar-refractivity contribution in [2.45, 2.75) is 20.3 Å². The van der Waals surface area contributed by atoms with Crippen molar-refractivity contribution in [1.82, 2.24) is 9.55 Å². The summed E-state index contributed by atoms with van der Waals surface area (Å²) >= 11 is 3.44. The van der Waals surface area contributed by atoms with Crippen LogP contribution in [0.5, 0.6) is 5.75 Å². The van der Waals surface area contributed by atoms with E-state index in [2.05, 4.69) is 38.6 Å². The average Bonchev–Trinajstić information content (AvgIpc) is 2.80. The first-order chi connectivity index (χ1) is 9.57. The molecular weight excluding hydrogens is 324 g/mol. The molecule has 0 radical (unpaired) electrons. The largest absolute Gasteiger partial charge is 0.495 e. The number of ether oxygens (including phenoxy) is 1. The molecule has 1 aromatic carbocycles. The minimum Gasteiger partial charge on any atom is -0.495 e. The molecule has 0 aliphatic rings. The SMILES string of the molecule is CCc1cn(-c2ccc(Br)cc2OC)c(C)n1.O=C=O. The zero-order valence-corrected chi connectivity index (χ0v) is 13.1. The Morgan fingerprint density at radius 3 is 2.55 bits per heavy atom. The second-order valence-electron chi connectivity index (χ2n) is 3.90. The van der Waals surface area contributed by atoms with E-state index in [0.717, 1.165) is 33.8 Å². The van der Waals surface area contributed by atoms with Gasteiger partial charge >= 0.3 is 6.15 Å². The second-order valence-corrected chi connectivity index (χ2v) is 4.82. The number of halogens is 1. The van der Waals surface area contributed by atoms with Crippen molar-refractivity contribution in [3.8, 4) is 11.4 Å². The van der Waals surface area contributed by atoms with Gasteiger partial charge in [0, 0.05) is 10.7 Å². The van der Waals surface area contributed by atoms with Gasteiger partial charge in [-0.25, -0.2) is 4.98 Å². The van der Waals surface area contributed by atoms with Gasteiger partial charge in [0.05, 0.1) is 18.5 Å². The Hall–Kier alpha value is -1.91. The molecule has 20 heavy (non-hydrogen) atoms. The van der Waals surface area contributed by atoms with E-state index in [4.69, 9.17) is 14.3 Å². The lowest BCUT2D eigenvalue weighted by molar-refractivity contribution is -0.191. The molecule has 0 N–H and O–H groups in total. The molecule has 1 heterocycles. The molecule has 0 amide bonds. The fraction of sp³-hybridized carbons (Fsp3) is 0.286. The van der Waals surface area contributed by atoms with Crippen molar-refractivity contribution in [2.75, 3.05) is 7.11 Å². The van der Waals surface area contributed by atoms with Crippen LogP contribution in [0.1, 0.15) is 18.4 Å². The summed E-state index contributed by atoms with van der Waals surface area (Å²) in [5, 5.41) is 0. The number of hydrogen-bond donors (Lipinski definition) is 0. The molecule has 106 valence electrons. The lowest BCUT2D eigenvalue weighted by Gasteiger charge is -2.10. The van der Waals surface area contributed by atoms with Gasteiger partial charge in [-0.05, 0) is 31.5 Å². The van der Waals surface area contributed by atoms with E-state index in [1.807, 2.05) is 25.1 Å². The number of aromatic nitrogens is 2. The first-order valence-corrected chi connectivity index (χ1v) is 6.74. The Morgan fingerprint density at radius 2 is 2.05 bits per heavy atom. The highest BCUT2D eigenvalue weighted by molar-refractivity contribution is 9.10. The molecule has 1 aromatic heterocycles. The topological polar surface area (TPSA) is 61.2 Å². The van der Waals surface area contributed by atoms with Gasteiger partial charge in [0.25, 0.3) is 0 Å². The normalized spacial score (nSPS) is 9.40. The van der Waals surface area contributed by atoms with Crippen LogP contribution in [0, 0.1) is 6.92 Å². The van der Waals surface area contributed by atoms with Gasteiger partial charge in [0.2, 0.25) is 0 Å². The van der Waals surface area contributed by atoms with E-state index in [1.54, 1.807) is 7.11 Å². The predicted octanol–water partition coefficient (Wildman–Crippen LogP) is 2.93. The second kappa shape index (κ2) is 7.62. The molecule has 0 bridgehead atoms. The Balaban J connectivity index is 0.000000612.